The van der Waals surface area contributed by atoms with Gasteiger partial charge in [0, 0.05) is 18.7 Å². The van der Waals surface area contributed by atoms with E-state index < -0.39 is 0 Å². The van der Waals surface area contributed by atoms with Crippen molar-refractivity contribution >= 4 is 11.8 Å². The van der Waals surface area contributed by atoms with Crippen molar-refractivity contribution < 1.29 is 14.0 Å². The van der Waals surface area contributed by atoms with Gasteiger partial charge in [0.2, 0.25) is 5.91 Å². The van der Waals surface area contributed by atoms with E-state index in [4.69, 9.17) is 5.84 Å². The normalized spacial score (nSPS) is 19.1. The Bertz CT molecular complexity index is 475. The Labute approximate surface area is 110 Å². The molecule has 0 saturated carbocycles. The molecule has 1 fully saturated rings. The standard InChI is InChI=1S/C13H16FN3O2/c14-11-5-3-9(4-6-11)13(19)17-7-1-2-10(8-17)12(18)16-15/h3-6,10H,1-2,7-8,15H2,(H,16,18). The first kappa shape index (κ1) is 13.5. The molecule has 0 aromatic heterocycles. The van der Waals surface area contributed by atoms with E-state index in [1.165, 1.54) is 24.3 Å². The average molecular weight is 265 g/mol. The van der Waals surface area contributed by atoms with Gasteiger partial charge in [-0.25, -0.2) is 10.2 Å². The van der Waals surface area contributed by atoms with Crippen LogP contribution in [0, 0.1) is 11.7 Å². The third-order valence-corrected chi connectivity index (χ3v) is 3.31. The molecule has 1 atom stereocenters. The van der Waals surface area contributed by atoms with E-state index in [0.717, 1.165) is 12.8 Å². The number of amides is 2. The highest BCUT2D eigenvalue weighted by molar-refractivity contribution is 5.94. The van der Waals surface area contributed by atoms with E-state index in [0.29, 0.717) is 18.7 Å². The maximum absolute atomic E-state index is 12.8. The van der Waals surface area contributed by atoms with Crippen molar-refractivity contribution in [2.24, 2.45) is 11.8 Å². The van der Waals surface area contributed by atoms with Crippen LogP contribution in [0.5, 0.6) is 0 Å². The van der Waals surface area contributed by atoms with Crippen LogP contribution < -0.4 is 11.3 Å². The number of rotatable bonds is 2. The van der Waals surface area contributed by atoms with Gasteiger partial charge in [-0.2, -0.15) is 0 Å². The maximum Gasteiger partial charge on any atom is 0.253 e. The second kappa shape index (κ2) is 5.79. The number of halogens is 1. The molecule has 102 valence electrons. The minimum atomic E-state index is -0.379. The second-order valence-electron chi connectivity index (χ2n) is 4.61. The molecule has 1 aliphatic rings. The molecule has 1 saturated heterocycles. The number of benzene rings is 1. The summed E-state index contributed by atoms with van der Waals surface area (Å²) in [5.41, 5.74) is 2.54. The van der Waals surface area contributed by atoms with Gasteiger partial charge in [0.1, 0.15) is 5.82 Å². The number of likely N-dealkylation sites (tertiary alicyclic amines) is 1. The van der Waals surface area contributed by atoms with Gasteiger partial charge in [0.25, 0.3) is 5.91 Å². The second-order valence-corrected chi connectivity index (χ2v) is 4.61. The minimum Gasteiger partial charge on any atom is -0.338 e. The predicted molar refractivity (Wildman–Crippen MR) is 67.4 cm³/mol. The summed E-state index contributed by atoms with van der Waals surface area (Å²) < 4.78 is 12.8. The van der Waals surface area contributed by atoms with Crippen molar-refractivity contribution in [1.82, 2.24) is 10.3 Å². The Kier molecular flexibility index (Phi) is 4.11. The fourth-order valence-electron chi connectivity index (χ4n) is 2.27. The number of hydrogen-bond donors (Lipinski definition) is 2. The molecular formula is C13H16FN3O2. The average Bonchev–Trinajstić information content (AvgIpc) is 2.46. The highest BCUT2D eigenvalue weighted by Crippen LogP contribution is 2.18. The molecule has 0 aliphatic carbocycles. The SMILES string of the molecule is NNC(=O)C1CCCN(C(=O)c2ccc(F)cc2)C1. The highest BCUT2D eigenvalue weighted by atomic mass is 19.1. The minimum absolute atomic E-state index is 0.186. The van der Waals surface area contributed by atoms with Gasteiger partial charge in [-0.15, -0.1) is 0 Å². The lowest BCUT2D eigenvalue weighted by atomic mass is 9.97. The molecule has 1 heterocycles. The van der Waals surface area contributed by atoms with Crippen molar-refractivity contribution in [2.75, 3.05) is 13.1 Å². The third-order valence-electron chi connectivity index (χ3n) is 3.31. The predicted octanol–water partition coefficient (Wildman–Crippen LogP) is 0.668. The van der Waals surface area contributed by atoms with Gasteiger partial charge < -0.3 is 4.90 Å². The molecule has 5 nitrogen and oxygen atoms in total. The van der Waals surface area contributed by atoms with Crippen LogP contribution in [0.1, 0.15) is 23.2 Å². The van der Waals surface area contributed by atoms with Crippen LogP contribution in [-0.4, -0.2) is 29.8 Å². The molecule has 1 aliphatic heterocycles. The summed E-state index contributed by atoms with van der Waals surface area (Å²) in [6, 6.07) is 5.40. The van der Waals surface area contributed by atoms with Crippen molar-refractivity contribution in [2.45, 2.75) is 12.8 Å². The van der Waals surface area contributed by atoms with Crippen LogP contribution in [-0.2, 0) is 4.79 Å². The Morgan fingerprint density at radius 1 is 1.32 bits per heavy atom. The van der Waals surface area contributed by atoms with Gasteiger partial charge in [-0.05, 0) is 37.1 Å². The first-order valence-corrected chi connectivity index (χ1v) is 6.17. The summed E-state index contributed by atoms with van der Waals surface area (Å²) in [6.07, 6.45) is 1.47. The lowest BCUT2D eigenvalue weighted by Crippen LogP contribution is -2.46. The summed E-state index contributed by atoms with van der Waals surface area (Å²) in [4.78, 5) is 25.3. The van der Waals surface area contributed by atoms with Gasteiger partial charge in [0.05, 0.1) is 5.92 Å². The Morgan fingerprint density at radius 3 is 2.63 bits per heavy atom. The summed E-state index contributed by atoms with van der Waals surface area (Å²) in [7, 11) is 0. The van der Waals surface area contributed by atoms with E-state index in [-0.39, 0.29) is 23.5 Å². The first-order chi connectivity index (χ1) is 9.11. The lowest BCUT2D eigenvalue weighted by Gasteiger charge is -2.31. The van der Waals surface area contributed by atoms with Gasteiger partial charge in [-0.3, -0.25) is 15.0 Å². The molecule has 1 aromatic carbocycles. The van der Waals surface area contributed by atoms with E-state index in [2.05, 4.69) is 5.43 Å². The number of hydrazine groups is 1. The molecule has 3 N–H and O–H groups in total. The van der Waals surface area contributed by atoms with E-state index in [9.17, 15) is 14.0 Å². The fourth-order valence-corrected chi connectivity index (χ4v) is 2.27. The first-order valence-electron chi connectivity index (χ1n) is 6.17. The van der Waals surface area contributed by atoms with Crippen molar-refractivity contribution in [3.8, 4) is 0 Å². The van der Waals surface area contributed by atoms with Crippen LogP contribution in [0.15, 0.2) is 24.3 Å². The van der Waals surface area contributed by atoms with E-state index >= 15 is 0 Å². The van der Waals surface area contributed by atoms with Gasteiger partial charge in [-0.1, -0.05) is 0 Å². The van der Waals surface area contributed by atoms with Crippen LogP contribution >= 0.6 is 0 Å². The van der Waals surface area contributed by atoms with E-state index in [1.54, 1.807) is 4.90 Å². The van der Waals surface area contributed by atoms with Crippen molar-refractivity contribution in [3.05, 3.63) is 35.6 Å². The monoisotopic (exact) mass is 265 g/mol. The number of carbonyl (C=O) groups is 2. The summed E-state index contributed by atoms with van der Waals surface area (Å²) >= 11 is 0. The van der Waals surface area contributed by atoms with Crippen LogP contribution in [0.25, 0.3) is 0 Å². The molecule has 6 heteroatoms. The summed E-state index contributed by atoms with van der Waals surface area (Å²) in [6.45, 7) is 0.948. The fraction of sp³-hybridized carbons (Fsp3) is 0.385. The number of nitrogens with one attached hydrogen (secondary N) is 1. The quantitative estimate of drug-likeness (QED) is 0.469. The number of nitrogens with zero attached hydrogens (tertiary/aromatic N) is 1. The number of nitrogens with two attached hydrogens (primary N) is 1. The number of piperidine rings is 1. The molecule has 1 aromatic rings. The zero-order valence-electron chi connectivity index (χ0n) is 10.4. The van der Waals surface area contributed by atoms with Crippen LogP contribution in [0.3, 0.4) is 0 Å². The Morgan fingerprint density at radius 2 is 2.00 bits per heavy atom. The smallest absolute Gasteiger partial charge is 0.253 e. The lowest BCUT2D eigenvalue weighted by molar-refractivity contribution is -0.126. The Hall–Kier alpha value is -1.95. The van der Waals surface area contributed by atoms with Crippen molar-refractivity contribution in [3.63, 3.8) is 0 Å². The maximum atomic E-state index is 12.8. The molecule has 1 unspecified atom stereocenters. The zero-order chi connectivity index (χ0) is 13.8. The molecule has 2 amide bonds. The zero-order valence-corrected chi connectivity index (χ0v) is 10.4. The molecular weight excluding hydrogens is 249 g/mol. The Balaban J connectivity index is 2.06. The van der Waals surface area contributed by atoms with Gasteiger partial charge >= 0.3 is 0 Å². The largest absolute Gasteiger partial charge is 0.338 e. The third kappa shape index (κ3) is 3.08. The number of carbonyl (C=O) groups excluding carboxylic acids is 2. The topological polar surface area (TPSA) is 75.4 Å². The van der Waals surface area contributed by atoms with E-state index in [1.807, 2.05) is 0 Å². The number of hydrogen-bond acceptors (Lipinski definition) is 3. The molecule has 0 radical (unpaired) electrons. The summed E-state index contributed by atoms with van der Waals surface area (Å²) in [5, 5.41) is 0. The summed E-state index contributed by atoms with van der Waals surface area (Å²) in [5.74, 6) is 4.01. The van der Waals surface area contributed by atoms with Crippen LogP contribution in [0.2, 0.25) is 0 Å². The molecule has 19 heavy (non-hydrogen) atoms. The molecule has 0 spiro atoms. The molecule has 0 bridgehead atoms. The van der Waals surface area contributed by atoms with Crippen molar-refractivity contribution in [1.29, 1.82) is 0 Å². The van der Waals surface area contributed by atoms with Gasteiger partial charge in [0.15, 0.2) is 0 Å². The highest BCUT2D eigenvalue weighted by Gasteiger charge is 2.28. The van der Waals surface area contributed by atoms with Crippen LogP contribution in [0.4, 0.5) is 4.39 Å². The molecule has 2 rings (SSSR count).